The number of thioether (sulfide) groups is 1. The van der Waals surface area contributed by atoms with E-state index in [9.17, 15) is 8.78 Å². The number of halogens is 2. The Morgan fingerprint density at radius 3 is 2.58 bits per heavy atom. The summed E-state index contributed by atoms with van der Waals surface area (Å²) in [6, 6.07) is 0. The number of rotatable bonds is 7. The van der Waals surface area contributed by atoms with Crippen LogP contribution in [0.15, 0.2) is 12.2 Å². The van der Waals surface area contributed by atoms with E-state index >= 15 is 0 Å². The molecule has 0 fully saturated rings. The largest absolute Gasteiger partial charge is 0.266 e. The van der Waals surface area contributed by atoms with E-state index in [2.05, 4.69) is 6.92 Å². The van der Waals surface area contributed by atoms with Gasteiger partial charge < -0.3 is 0 Å². The van der Waals surface area contributed by atoms with Gasteiger partial charge in [-0.15, -0.1) is 0 Å². The minimum absolute atomic E-state index is 0.523. The molecular weight excluding hydrogens is 178 g/mol. The Labute approximate surface area is 77.4 Å². The smallest absolute Gasteiger partial charge is 0.174 e. The van der Waals surface area contributed by atoms with Crippen LogP contribution in [0, 0.1) is 0 Å². The molecule has 0 aromatic rings. The van der Waals surface area contributed by atoms with E-state index in [1.165, 1.54) is 12.2 Å². The van der Waals surface area contributed by atoms with Crippen molar-refractivity contribution in [2.24, 2.45) is 0 Å². The Balaban J connectivity index is 2.96. The van der Waals surface area contributed by atoms with E-state index in [4.69, 9.17) is 0 Å². The van der Waals surface area contributed by atoms with Gasteiger partial charge in [-0.2, -0.15) is 20.5 Å². The molecule has 0 saturated heterocycles. The third kappa shape index (κ3) is 9.95. The fourth-order valence-electron chi connectivity index (χ4n) is 0.806. The summed E-state index contributed by atoms with van der Waals surface area (Å²) in [6.45, 7) is 2.15. The summed E-state index contributed by atoms with van der Waals surface area (Å²) in [5.74, 6) is 2.29. The van der Waals surface area contributed by atoms with Crippen molar-refractivity contribution in [1.82, 2.24) is 0 Å². The van der Waals surface area contributed by atoms with Gasteiger partial charge in [0.15, 0.2) is 0 Å². The van der Waals surface area contributed by atoms with Crippen LogP contribution in [0.25, 0.3) is 0 Å². The first-order valence-electron chi connectivity index (χ1n) is 4.36. The Morgan fingerprint density at radius 1 is 1.25 bits per heavy atom. The van der Waals surface area contributed by atoms with Crippen LogP contribution in [0.2, 0.25) is 0 Å². The summed E-state index contributed by atoms with van der Waals surface area (Å²) in [4.78, 5) is 0. The lowest BCUT2D eigenvalue weighted by Gasteiger charge is -1.97. The van der Waals surface area contributed by atoms with Crippen molar-refractivity contribution in [1.29, 1.82) is 0 Å². The Hall–Kier alpha value is -0.0500. The zero-order chi connectivity index (χ0) is 9.23. The second-order valence-corrected chi connectivity index (χ2v) is 3.83. The summed E-state index contributed by atoms with van der Waals surface area (Å²) in [5, 5.41) is 0. The molecule has 0 atom stereocenters. The fourth-order valence-corrected chi connectivity index (χ4v) is 1.71. The number of allylic oxidation sites excluding steroid dienone is 1. The maximum Gasteiger partial charge on any atom is 0.266 e. The Kier molecular flexibility index (Phi) is 9.00. The molecule has 0 heterocycles. The predicted molar refractivity (Wildman–Crippen MR) is 51.8 cm³/mol. The first-order valence-corrected chi connectivity index (χ1v) is 5.51. The second kappa shape index (κ2) is 9.04. The van der Waals surface area contributed by atoms with Gasteiger partial charge in [0.05, 0.1) is 0 Å². The van der Waals surface area contributed by atoms with Crippen LogP contribution in [0.5, 0.6) is 0 Å². The van der Waals surface area contributed by atoms with Crippen molar-refractivity contribution in [3.8, 4) is 0 Å². The molecule has 0 saturated carbocycles. The van der Waals surface area contributed by atoms with Gasteiger partial charge in [0, 0.05) is 0 Å². The van der Waals surface area contributed by atoms with Crippen molar-refractivity contribution >= 4 is 11.8 Å². The highest BCUT2D eigenvalue weighted by Gasteiger charge is 1.90. The first-order chi connectivity index (χ1) is 5.77. The van der Waals surface area contributed by atoms with Crippen molar-refractivity contribution in [2.45, 2.75) is 32.6 Å². The Bertz CT molecular complexity index is 120. The molecule has 0 unspecified atom stereocenters. The van der Waals surface area contributed by atoms with Gasteiger partial charge in [0.2, 0.25) is 0 Å². The van der Waals surface area contributed by atoms with E-state index in [0.29, 0.717) is 6.42 Å². The van der Waals surface area contributed by atoms with Crippen LogP contribution < -0.4 is 0 Å². The molecule has 0 rings (SSSR count). The molecule has 0 aliphatic rings. The third-order valence-electron chi connectivity index (χ3n) is 1.39. The standard InChI is InChI=1S/C9H16F2S/c1-2-7-12-8-5-3-4-6-9(10)11/h6H,2-5,7-8H2,1H3. The molecule has 3 heteroatoms. The summed E-state index contributed by atoms with van der Waals surface area (Å²) < 4.78 is 23.0. The van der Waals surface area contributed by atoms with E-state index in [1.807, 2.05) is 11.8 Å². The summed E-state index contributed by atoms with van der Waals surface area (Å²) >= 11 is 1.90. The van der Waals surface area contributed by atoms with Gasteiger partial charge in [0.1, 0.15) is 0 Å². The highest BCUT2D eigenvalue weighted by atomic mass is 32.2. The SMILES string of the molecule is CCCSCCCCC=C(F)F. The molecular formula is C9H16F2S. The molecule has 0 nitrogen and oxygen atoms in total. The topological polar surface area (TPSA) is 0 Å². The maximum absolute atomic E-state index is 11.5. The zero-order valence-electron chi connectivity index (χ0n) is 7.48. The van der Waals surface area contributed by atoms with Crippen molar-refractivity contribution in [3.63, 3.8) is 0 Å². The van der Waals surface area contributed by atoms with Crippen LogP contribution in [0.1, 0.15) is 32.6 Å². The molecule has 0 aromatic heterocycles. The normalized spacial score (nSPS) is 9.92. The van der Waals surface area contributed by atoms with Crippen LogP contribution in [0.3, 0.4) is 0 Å². The number of unbranched alkanes of at least 4 members (excludes halogenated alkanes) is 2. The lowest BCUT2D eigenvalue weighted by molar-refractivity contribution is 0.417. The van der Waals surface area contributed by atoms with E-state index < -0.39 is 6.08 Å². The van der Waals surface area contributed by atoms with E-state index in [-0.39, 0.29) is 0 Å². The quantitative estimate of drug-likeness (QED) is 0.550. The minimum Gasteiger partial charge on any atom is -0.174 e. The number of hydrogen-bond donors (Lipinski definition) is 0. The monoisotopic (exact) mass is 194 g/mol. The molecule has 0 aliphatic carbocycles. The van der Waals surface area contributed by atoms with Crippen LogP contribution in [0.4, 0.5) is 8.78 Å². The molecule has 0 aromatic carbocycles. The summed E-state index contributed by atoms with van der Waals surface area (Å²) in [6.07, 6.45) is 3.11. The van der Waals surface area contributed by atoms with E-state index in [0.717, 1.165) is 24.7 Å². The molecule has 0 aliphatic heterocycles. The van der Waals surface area contributed by atoms with E-state index in [1.54, 1.807) is 0 Å². The molecule has 0 N–H and O–H groups in total. The van der Waals surface area contributed by atoms with Gasteiger partial charge in [-0.05, 0) is 43.3 Å². The van der Waals surface area contributed by atoms with Gasteiger partial charge in [-0.3, -0.25) is 0 Å². The molecule has 0 spiro atoms. The maximum atomic E-state index is 11.5. The average molecular weight is 194 g/mol. The summed E-state index contributed by atoms with van der Waals surface area (Å²) in [5.41, 5.74) is 0. The van der Waals surface area contributed by atoms with Gasteiger partial charge >= 0.3 is 0 Å². The zero-order valence-corrected chi connectivity index (χ0v) is 8.30. The minimum atomic E-state index is -1.55. The predicted octanol–water partition coefficient (Wildman–Crippen LogP) is 4.08. The highest BCUT2D eigenvalue weighted by molar-refractivity contribution is 7.99. The Morgan fingerprint density at radius 2 is 2.00 bits per heavy atom. The lowest BCUT2D eigenvalue weighted by atomic mass is 10.2. The van der Waals surface area contributed by atoms with Crippen LogP contribution in [-0.4, -0.2) is 11.5 Å². The van der Waals surface area contributed by atoms with Crippen molar-refractivity contribution in [3.05, 3.63) is 12.2 Å². The van der Waals surface area contributed by atoms with Gasteiger partial charge in [0.25, 0.3) is 6.08 Å². The average Bonchev–Trinajstić information content (AvgIpc) is 2.02. The van der Waals surface area contributed by atoms with Crippen molar-refractivity contribution in [2.75, 3.05) is 11.5 Å². The summed E-state index contributed by atoms with van der Waals surface area (Å²) in [7, 11) is 0. The second-order valence-electron chi connectivity index (χ2n) is 2.60. The highest BCUT2D eigenvalue weighted by Crippen LogP contribution is 2.09. The van der Waals surface area contributed by atoms with Gasteiger partial charge in [-0.1, -0.05) is 6.92 Å². The third-order valence-corrected chi connectivity index (χ3v) is 2.66. The lowest BCUT2D eigenvalue weighted by Crippen LogP contribution is -1.82. The molecule has 12 heavy (non-hydrogen) atoms. The molecule has 0 amide bonds. The number of hydrogen-bond acceptors (Lipinski definition) is 1. The van der Waals surface area contributed by atoms with Crippen LogP contribution >= 0.6 is 11.8 Å². The molecule has 0 bridgehead atoms. The van der Waals surface area contributed by atoms with Crippen LogP contribution in [-0.2, 0) is 0 Å². The fraction of sp³-hybridized carbons (Fsp3) is 0.778. The van der Waals surface area contributed by atoms with Gasteiger partial charge in [-0.25, -0.2) is 0 Å². The first kappa shape index (κ1) is 11.9. The molecule has 72 valence electrons. The molecule has 0 radical (unpaired) electrons. The van der Waals surface area contributed by atoms with Crippen molar-refractivity contribution < 1.29 is 8.78 Å².